The lowest BCUT2D eigenvalue weighted by Crippen LogP contribution is -2.70. The Bertz CT molecular complexity index is 1810. The minimum absolute atomic E-state index is 0.0243. The van der Waals surface area contributed by atoms with E-state index in [0.717, 1.165) is 0 Å². The van der Waals surface area contributed by atoms with Crippen LogP contribution in [0.3, 0.4) is 0 Å². The van der Waals surface area contributed by atoms with Gasteiger partial charge in [-0.25, -0.2) is 0 Å². The summed E-state index contributed by atoms with van der Waals surface area (Å²) in [5.74, 6) is -3.17. The Hall–Kier alpha value is -5.23. The predicted molar refractivity (Wildman–Crippen MR) is 167 cm³/mol. The summed E-state index contributed by atoms with van der Waals surface area (Å²) in [6.07, 6.45) is -3.00. The van der Waals surface area contributed by atoms with Crippen LogP contribution in [0.1, 0.15) is 59.4 Å². The summed E-state index contributed by atoms with van der Waals surface area (Å²) in [5.41, 5.74) is -0.0816. The van der Waals surface area contributed by atoms with Crippen molar-refractivity contribution in [1.82, 2.24) is 10.2 Å². The van der Waals surface area contributed by atoms with Gasteiger partial charge in [-0.15, -0.1) is 0 Å². The van der Waals surface area contributed by atoms with Gasteiger partial charge in [-0.3, -0.25) is 33.8 Å². The molecule has 4 N–H and O–H groups in total. The number of benzene rings is 3. The molecule has 4 heterocycles. The molecule has 236 valence electrons. The van der Waals surface area contributed by atoms with Gasteiger partial charge < -0.3 is 25.7 Å². The Morgan fingerprint density at radius 1 is 0.848 bits per heavy atom. The van der Waals surface area contributed by atoms with Gasteiger partial charge >= 0.3 is 5.97 Å². The molecule has 12 heteroatoms. The minimum Gasteiger partial charge on any atom is -0.481 e. The van der Waals surface area contributed by atoms with Crippen molar-refractivity contribution in [1.29, 1.82) is 0 Å². The molecule has 0 aliphatic carbocycles. The molecule has 1 fully saturated rings. The maximum atomic E-state index is 14.3. The van der Waals surface area contributed by atoms with Gasteiger partial charge in [-0.1, -0.05) is 56.3 Å². The van der Waals surface area contributed by atoms with Crippen molar-refractivity contribution in [3.05, 3.63) is 89.5 Å². The van der Waals surface area contributed by atoms with E-state index in [1.54, 1.807) is 72.8 Å². The van der Waals surface area contributed by atoms with Crippen LogP contribution >= 0.6 is 0 Å². The summed E-state index contributed by atoms with van der Waals surface area (Å²) < 4.78 is 0. The van der Waals surface area contributed by atoms with Gasteiger partial charge in [0, 0.05) is 17.7 Å². The first-order valence-corrected chi connectivity index (χ1v) is 15.3. The standard InChI is InChI=1S/C34H33N5O7/c1-18(2)17-25-32(45)39-24-14-8-5-11-21(24)34(46,33(39)37(25)26(40)15-16-27(41)42)28-29-35-22-12-6-3-9-19(22)31(44)38(29)23-13-7-4-10-20(23)30(43)36-28/h3-14,18,25,28-29,33,35,46H,15-17H2,1-2H3,(H,36,43)(H,41,42)/t25?,28?,29?,33?,34-/m0/s1. The first-order chi connectivity index (χ1) is 22.0. The van der Waals surface area contributed by atoms with Crippen molar-refractivity contribution < 1.29 is 34.2 Å². The second-order valence-electron chi connectivity index (χ2n) is 12.5. The average molecular weight is 624 g/mol. The number of amides is 4. The van der Waals surface area contributed by atoms with Gasteiger partial charge in [0.25, 0.3) is 17.7 Å². The summed E-state index contributed by atoms with van der Waals surface area (Å²) in [4.78, 5) is 72.1. The number of rotatable bonds is 6. The molecular weight excluding hydrogens is 590 g/mol. The maximum absolute atomic E-state index is 14.3. The predicted octanol–water partition coefficient (Wildman–Crippen LogP) is 2.88. The van der Waals surface area contributed by atoms with Crippen LogP contribution in [-0.4, -0.2) is 69.1 Å². The number of carboxylic acid groups (broad SMARTS) is 1. The number of hydrogen-bond acceptors (Lipinski definition) is 7. The van der Waals surface area contributed by atoms with Crippen LogP contribution in [0.5, 0.6) is 0 Å². The fourth-order valence-corrected chi connectivity index (χ4v) is 7.45. The topological polar surface area (TPSA) is 160 Å². The van der Waals surface area contributed by atoms with Crippen molar-refractivity contribution in [2.45, 2.75) is 63.1 Å². The molecule has 7 rings (SSSR count). The number of para-hydroxylation sites is 3. The third-order valence-electron chi connectivity index (χ3n) is 9.33. The highest BCUT2D eigenvalue weighted by Gasteiger charge is 2.68. The fraction of sp³-hybridized carbons (Fsp3) is 0.324. The number of nitrogens with one attached hydrogen (secondary N) is 2. The van der Waals surface area contributed by atoms with E-state index in [1.807, 2.05) is 13.8 Å². The van der Waals surface area contributed by atoms with Gasteiger partial charge in [-0.05, 0) is 42.7 Å². The first-order valence-electron chi connectivity index (χ1n) is 15.3. The molecule has 3 aromatic rings. The van der Waals surface area contributed by atoms with E-state index in [2.05, 4.69) is 10.6 Å². The quantitative estimate of drug-likeness (QED) is 0.326. The molecule has 4 amide bonds. The SMILES string of the molecule is CC(C)CC1C(=O)N2c3ccccc3[C@](O)(C3NC(=O)c4ccccc4N4C(=O)c5ccccc5NC34)C2N1C(=O)CCC(=O)O. The monoisotopic (exact) mass is 623 g/mol. The summed E-state index contributed by atoms with van der Waals surface area (Å²) in [5, 5.41) is 29.1. The Morgan fingerprint density at radius 3 is 2.22 bits per heavy atom. The van der Waals surface area contributed by atoms with Gasteiger partial charge in [0.1, 0.15) is 24.4 Å². The van der Waals surface area contributed by atoms with Gasteiger partial charge in [0.05, 0.1) is 28.9 Å². The molecule has 5 atom stereocenters. The summed E-state index contributed by atoms with van der Waals surface area (Å²) >= 11 is 0. The van der Waals surface area contributed by atoms with Crippen LogP contribution in [0.2, 0.25) is 0 Å². The van der Waals surface area contributed by atoms with Gasteiger partial charge in [-0.2, -0.15) is 0 Å². The molecular formula is C34H33N5O7. The molecule has 12 nitrogen and oxygen atoms in total. The third kappa shape index (κ3) is 4.20. The molecule has 3 aromatic carbocycles. The lowest BCUT2D eigenvalue weighted by Gasteiger charge is -2.48. The number of carbonyl (C=O) groups is 5. The number of carbonyl (C=O) groups excluding carboxylic acids is 4. The van der Waals surface area contributed by atoms with Gasteiger partial charge in [0.2, 0.25) is 5.91 Å². The van der Waals surface area contributed by atoms with Crippen LogP contribution in [0.25, 0.3) is 0 Å². The zero-order chi connectivity index (χ0) is 32.5. The number of aliphatic carboxylic acids is 1. The number of carboxylic acids is 1. The van der Waals surface area contributed by atoms with Crippen molar-refractivity contribution in [3.8, 4) is 0 Å². The Kier molecular flexibility index (Phi) is 6.85. The van der Waals surface area contributed by atoms with E-state index in [0.29, 0.717) is 22.6 Å². The van der Waals surface area contributed by atoms with Crippen LogP contribution < -0.4 is 20.4 Å². The van der Waals surface area contributed by atoms with E-state index >= 15 is 0 Å². The molecule has 0 bridgehead atoms. The minimum atomic E-state index is -2.16. The summed E-state index contributed by atoms with van der Waals surface area (Å²) in [6.45, 7) is 3.82. The highest BCUT2D eigenvalue weighted by molar-refractivity contribution is 6.16. The van der Waals surface area contributed by atoms with E-state index in [9.17, 15) is 34.2 Å². The Labute approximate surface area is 264 Å². The van der Waals surface area contributed by atoms with E-state index in [4.69, 9.17) is 0 Å². The number of hydrogen-bond donors (Lipinski definition) is 4. The molecule has 0 aromatic heterocycles. The third-order valence-corrected chi connectivity index (χ3v) is 9.33. The molecule has 1 saturated heterocycles. The van der Waals surface area contributed by atoms with Crippen molar-refractivity contribution in [2.75, 3.05) is 15.1 Å². The van der Waals surface area contributed by atoms with Crippen molar-refractivity contribution >= 4 is 46.7 Å². The summed E-state index contributed by atoms with van der Waals surface area (Å²) in [7, 11) is 0. The zero-order valence-corrected chi connectivity index (χ0v) is 25.2. The maximum Gasteiger partial charge on any atom is 0.303 e. The summed E-state index contributed by atoms with van der Waals surface area (Å²) in [6, 6.07) is 18.0. The average Bonchev–Trinajstić information content (AvgIpc) is 3.42. The van der Waals surface area contributed by atoms with E-state index in [1.165, 1.54) is 14.7 Å². The van der Waals surface area contributed by atoms with Crippen LogP contribution in [0.15, 0.2) is 72.8 Å². The fourth-order valence-electron chi connectivity index (χ4n) is 7.45. The second-order valence-corrected chi connectivity index (χ2v) is 12.5. The lowest BCUT2D eigenvalue weighted by molar-refractivity contribution is -0.147. The Balaban J connectivity index is 1.45. The molecule has 4 unspecified atom stereocenters. The first kappa shape index (κ1) is 29.5. The molecule has 0 spiro atoms. The normalized spacial score (nSPS) is 26.0. The van der Waals surface area contributed by atoms with E-state index in [-0.39, 0.29) is 23.5 Å². The number of fused-ring (bicyclic) bond motifs is 7. The molecule has 4 aliphatic heterocycles. The van der Waals surface area contributed by atoms with E-state index < -0.39 is 72.5 Å². The van der Waals surface area contributed by atoms with Crippen molar-refractivity contribution in [2.24, 2.45) is 5.92 Å². The van der Waals surface area contributed by atoms with Gasteiger partial charge in [0.15, 0.2) is 5.60 Å². The lowest BCUT2D eigenvalue weighted by atomic mass is 9.81. The molecule has 0 radical (unpaired) electrons. The smallest absolute Gasteiger partial charge is 0.303 e. The zero-order valence-electron chi connectivity index (χ0n) is 25.2. The number of anilines is 3. The Morgan fingerprint density at radius 2 is 1.50 bits per heavy atom. The highest BCUT2D eigenvalue weighted by Crippen LogP contribution is 2.53. The molecule has 46 heavy (non-hydrogen) atoms. The second kappa shape index (κ2) is 10.7. The largest absolute Gasteiger partial charge is 0.481 e. The number of nitrogens with zero attached hydrogens (tertiary/aromatic N) is 3. The molecule has 0 saturated carbocycles. The molecule has 4 aliphatic rings. The number of aliphatic hydroxyl groups is 1. The van der Waals surface area contributed by atoms with Crippen molar-refractivity contribution in [3.63, 3.8) is 0 Å². The van der Waals surface area contributed by atoms with Crippen LogP contribution in [0.4, 0.5) is 17.1 Å². The van der Waals surface area contributed by atoms with Crippen LogP contribution in [0, 0.1) is 5.92 Å². The van der Waals surface area contributed by atoms with Crippen LogP contribution in [-0.2, 0) is 20.0 Å². The highest BCUT2D eigenvalue weighted by atomic mass is 16.4.